The predicted octanol–water partition coefficient (Wildman–Crippen LogP) is 1.69. The molecule has 0 aliphatic carbocycles. The summed E-state index contributed by atoms with van der Waals surface area (Å²) in [6.45, 7) is 1.52. The van der Waals surface area contributed by atoms with Gasteiger partial charge in [-0.3, -0.25) is 0 Å². The van der Waals surface area contributed by atoms with Crippen LogP contribution in [0.4, 0.5) is 19.0 Å². The average Bonchev–Trinajstić information content (AvgIpc) is 2.24. The topological polar surface area (TPSA) is 62.4 Å². The van der Waals surface area contributed by atoms with Gasteiger partial charge in [0, 0.05) is 12.2 Å². The summed E-state index contributed by atoms with van der Waals surface area (Å²) in [7, 11) is 0. The maximum absolute atomic E-state index is 12.6. The van der Waals surface area contributed by atoms with Crippen LogP contribution in [0.15, 0.2) is 6.07 Å². The number of hydrogen-bond acceptors (Lipinski definition) is 4. The van der Waals surface area contributed by atoms with E-state index in [0.717, 1.165) is 4.90 Å². The fourth-order valence-electron chi connectivity index (χ4n) is 1.95. The van der Waals surface area contributed by atoms with Gasteiger partial charge in [-0.05, 0) is 25.5 Å². The maximum atomic E-state index is 12.6. The minimum absolute atomic E-state index is 0.0184. The molecular weight excluding hydrogens is 291 g/mol. The van der Waals surface area contributed by atoms with Crippen molar-refractivity contribution in [2.45, 2.75) is 20.0 Å². The third-order valence-corrected chi connectivity index (χ3v) is 2.82. The Labute approximate surface area is 120 Å². The van der Waals surface area contributed by atoms with E-state index in [9.17, 15) is 13.2 Å². The first-order valence-corrected chi connectivity index (χ1v) is 6.27. The summed E-state index contributed by atoms with van der Waals surface area (Å²) in [5.41, 5.74) is 7.11. The number of pyridine rings is 1. The monoisotopic (exact) mass is 307 g/mol. The number of nitrogens with zero attached hydrogens (tertiary/aromatic N) is 2. The van der Waals surface area contributed by atoms with Crippen molar-refractivity contribution >= 4 is 23.0 Å². The molecule has 0 atom stereocenters. The second-order valence-electron chi connectivity index (χ2n) is 4.40. The Kier molecular flexibility index (Phi) is 5.29. The smallest absolute Gasteiger partial charge is 0.395 e. The number of nitrogens with two attached hydrogens (primary N) is 1. The number of aromatic nitrogens is 1. The largest absolute Gasteiger partial charge is 0.405 e. The zero-order chi connectivity index (χ0) is 15.5. The van der Waals surface area contributed by atoms with E-state index in [0.29, 0.717) is 16.8 Å². The van der Waals surface area contributed by atoms with E-state index in [1.54, 1.807) is 19.9 Å². The van der Waals surface area contributed by atoms with E-state index in [4.69, 9.17) is 23.1 Å². The Morgan fingerprint density at radius 1 is 1.45 bits per heavy atom. The Morgan fingerprint density at radius 2 is 2.05 bits per heavy atom. The second kappa shape index (κ2) is 6.36. The minimum atomic E-state index is -4.41. The number of anilines is 1. The Bertz CT molecular complexity index is 505. The first-order valence-electron chi connectivity index (χ1n) is 5.86. The number of alkyl halides is 3. The SMILES string of the molecule is Cc1cc(C)c(C(N)=S)c(N(CCO)CC(F)(F)F)n1. The predicted molar refractivity (Wildman–Crippen MR) is 75.0 cm³/mol. The standard InChI is InChI=1S/C12H16F3N3OS/c1-7-5-8(2)17-11(9(7)10(16)20)18(3-4-19)6-12(13,14)15/h5,19H,3-4,6H2,1-2H3,(H2,16,20). The lowest BCUT2D eigenvalue weighted by atomic mass is 10.1. The van der Waals surface area contributed by atoms with E-state index in [1.165, 1.54) is 0 Å². The van der Waals surface area contributed by atoms with E-state index in [-0.39, 0.29) is 17.4 Å². The highest BCUT2D eigenvalue weighted by Gasteiger charge is 2.32. The van der Waals surface area contributed by atoms with Crippen molar-refractivity contribution in [1.82, 2.24) is 4.98 Å². The van der Waals surface area contributed by atoms with Crippen LogP contribution in [-0.4, -0.2) is 41.0 Å². The third kappa shape index (κ3) is 4.31. The summed E-state index contributed by atoms with van der Waals surface area (Å²) < 4.78 is 37.9. The lowest BCUT2D eigenvalue weighted by Gasteiger charge is -2.27. The molecule has 0 fully saturated rings. The maximum Gasteiger partial charge on any atom is 0.405 e. The van der Waals surface area contributed by atoms with Crippen LogP contribution in [0.1, 0.15) is 16.8 Å². The van der Waals surface area contributed by atoms with E-state index in [2.05, 4.69) is 4.98 Å². The molecule has 1 heterocycles. The summed E-state index contributed by atoms with van der Waals surface area (Å²) in [6.07, 6.45) is -4.41. The first-order chi connectivity index (χ1) is 9.15. The van der Waals surface area contributed by atoms with E-state index >= 15 is 0 Å². The Balaban J connectivity index is 3.34. The summed E-state index contributed by atoms with van der Waals surface area (Å²) >= 11 is 4.89. The van der Waals surface area contributed by atoms with Crippen molar-refractivity contribution in [3.63, 3.8) is 0 Å². The summed E-state index contributed by atoms with van der Waals surface area (Å²) in [6, 6.07) is 1.70. The fourth-order valence-corrected chi connectivity index (χ4v) is 2.20. The van der Waals surface area contributed by atoms with Crippen LogP contribution in [0.25, 0.3) is 0 Å². The normalized spacial score (nSPS) is 11.5. The number of thiocarbonyl (C=S) groups is 1. The van der Waals surface area contributed by atoms with Gasteiger partial charge in [0.25, 0.3) is 0 Å². The van der Waals surface area contributed by atoms with Crippen LogP contribution in [0.3, 0.4) is 0 Å². The second-order valence-corrected chi connectivity index (χ2v) is 4.84. The highest BCUT2D eigenvalue weighted by molar-refractivity contribution is 7.80. The molecule has 0 aliphatic rings. The molecular formula is C12H16F3N3OS. The van der Waals surface area contributed by atoms with Crippen LogP contribution in [0.2, 0.25) is 0 Å². The van der Waals surface area contributed by atoms with Gasteiger partial charge in [-0.25, -0.2) is 4.98 Å². The number of aliphatic hydroxyl groups excluding tert-OH is 1. The summed E-state index contributed by atoms with van der Waals surface area (Å²) in [4.78, 5) is 5.03. The number of hydrogen-bond donors (Lipinski definition) is 2. The molecule has 0 aromatic carbocycles. The summed E-state index contributed by atoms with van der Waals surface area (Å²) in [5.74, 6) is 0.0568. The van der Waals surface area contributed by atoms with Crippen molar-refractivity contribution in [2.24, 2.45) is 5.73 Å². The molecule has 0 saturated heterocycles. The van der Waals surface area contributed by atoms with Gasteiger partial charge in [0.15, 0.2) is 0 Å². The lowest BCUT2D eigenvalue weighted by molar-refractivity contribution is -0.120. The molecule has 0 radical (unpaired) electrons. The first kappa shape index (κ1) is 16.6. The van der Waals surface area contributed by atoms with E-state index in [1.807, 2.05) is 0 Å². The lowest BCUT2D eigenvalue weighted by Crippen LogP contribution is -2.38. The number of rotatable bonds is 5. The van der Waals surface area contributed by atoms with Gasteiger partial charge in [-0.2, -0.15) is 13.2 Å². The molecule has 20 heavy (non-hydrogen) atoms. The van der Waals surface area contributed by atoms with Crippen LogP contribution in [0.5, 0.6) is 0 Å². The molecule has 0 aliphatic heterocycles. The number of aryl methyl sites for hydroxylation is 2. The number of halogens is 3. The molecule has 112 valence electrons. The molecule has 1 rings (SSSR count). The fraction of sp³-hybridized carbons (Fsp3) is 0.500. The van der Waals surface area contributed by atoms with Gasteiger partial charge in [0.2, 0.25) is 0 Å². The molecule has 1 aromatic heterocycles. The quantitative estimate of drug-likeness (QED) is 0.811. The Hall–Kier alpha value is -1.41. The Morgan fingerprint density at radius 3 is 2.50 bits per heavy atom. The van der Waals surface area contributed by atoms with Crippen molar-refractivity contribution in [1.29, 1.82) is 0 Å². The molecule has 0 saturated carbocycles. The van der Waals surface area contributed by atoms with Gasteiger partial charge in [-0.15, -0.1) is 0 Å². The molecule has 0 amide bonds. The molecule has 0 spiro atoms. The molecule has 3 N–H and O–H groups in total. The van der Waals surface area contributed by atoms with E-state index < -0.39 is 19.3 Å². The highest BCUT2D eigenvalue weighted by Crippen LogP contribution is 2.26. The van der Waals surface area contributed by atoms with Gasteiger partial charge >= 0.3 is 6.18 Å². The van der Waals surface area contributed by atoms with Gasteiger partial charge in [0.05, 0.1) is 12.2 Å². The van der Waals surface area contributed by atoms with Gasteiger partial charge in [-0.1, -0.05) is 12.2 Å². The van der Waals surface area contributed by atoms with Crippen molar-refractivity contribution in [2.75, 3.05) is 24.6 Å². The zero-order valence-electron chi connectivity index (χ0n) is 11.2. The van der Waals surface area contributed by atoms with Crippen LogP contribution < -0.4 is 10.6 Å². The molecule has 4 nitrogen and oxygen atoms in total. The molecule has 0 unspecified atom stereocenters. The van der Waals surface area contributed by atoms with Crippen molar-refractivity contribution in [3.05, 3.63) is 22.9 Å². The zero-order valence-corrected chi connectivity index (χ0v) is 12.0. The van der Waals surface area contributed by atoms with Crippen LogP contribution in [-0.2, 0) is 0 Å². The molecule has 1 aromatic rings. The summed E-state index contributed by atoms with van der Waals surface area (Å²) in [5, 5.41) is 8.96. The average molecular weight is 307 g/mol. The van der Waals surface area contributed by atoms with Crippen molar-refractivity contribution < 1.29 is 18.3 Å². The molecule has 8 heteroatoms. The van der Waals surface area contributed by atoms with Crippen LogP contribution >= 0.6 is 12.2 Å². The van der Waals surface area contributed by atoms with Gasteiger partial charge in [0.1, 0.15) is 17.4 Å². The van der Waals surface area contributed by atoms with Crippen molar-refractivity contribution in [3.8, 4) is 0 Å². The highest BCUT2D eigenvalue weighted by atomic mass is 32.1. The molecule has 0 bridgehead atoms. The third-order valence-electron chi connectivity index (χ3n) is 2.61. The van der Waals surface area contributed by atoms with Crippen LogP contribution in [0, 0.1) is 13.8 Å². The number of aliphatic hydroxyl groups is 1. The minimum Gasteiger partial charge on any atom is -0.395 e. The van der Waals surface area contributed by atoms with Gasteiger partial charge < -0.3 is 15.7 Å².